The van der Waals surface area contributed by atoms with Gasteiger partial charge in [0.1, 0.15) is 59.7 Å². The zero-order chi connectivity index (χ0) is 48.4. The molecule has 1 aliphatic carbocycles. The second-order valence-corrected chi connectivity index (χ2v) is 18.4. The molecule has 1 aromatic rings. The van der Waals surface area contributed by atoms with Crippen molar-refractivity contribution in [3.05, 3.63) is 51.8 Å². The molecule has 0 aromatic heterocycles. The van der Waals surface area contributed by atoms with Crippen LogP contribution in [0.2, 0.25) is 0 Å². The Morgan fingerprint density at radius 2 is 1.46 bits per heavy atom. The van der Waals surface area contributed by atoms with Gasteiger partial charge in [0, 0.05) is 12.1 Å². The highest BCUT2D eigenvalue weighted by Crippen LogP contribution is 2.33. The molecule has 0 radical (unpaired) electrons. The van der Waals surface area contributed by atoms with E-state index >= 15 is 0 Å². The summed E-state index contributed by atoms with van der Waals surface area (Å²) in [6.45, 7) is 12.4. The van der Waals surface area contributed by atoms with Gasteiger partial charge in [-0.3, -0.25) is 14.9 Å². The maximum atomic E-state index is 13.4. The van der Waals surface area contributed by atoms with Gasteiger partial charge in [-0.15, -0.1) is 0 Å². The molecule has 2 fully saturated rings. The Morgan fingerprint density at radius 3 is 2.02 bits per heavy atom. The molecule has 4 rings (SSSR count). The van der Waals surface area contributed by atoms with E-state index in [1.807, 2.05) is 0 Å². The molecule has 1 saturated heterocycles. The van der Waals surface area contributed by atoms with Crippen LogP contribution in [0.25, 0.3) is 0 Å². The van der Waals surface area contributed by atoms with Crippen LogP contribution in [0.4, 0.5) is 20.1 Å². The number of carbonyl (C=O) groups is 4. The van der Waals surface area contributed by atoms with Gasteiger partial charge in [0.05, 0.1) is 42.2 Å². The first-order valence-corrected chi connectivity index (χ1v) is 21.5. The molecule has 1 aromatic carbocycles. The SMILES string of the molecule is CCCC(O)C(=O)NC1CC(NC(=O)OC(C)(C)C)C(OC2OC(CNC(=O)OCc3ccc([N+](=O)[O-])cc3)=CCC2NC(=O)OC(C)(C)C)C(O)C1OC1OCC(C)(O)C(NC)C1O. The van der Waals surface area contributed by atoms with Crippen LogP contribution < -0.4 is 26.6 Å². The summed E-state index contributed by atoms with van der Waals surface area (Å²) in [6.07, 6.45) is -11.4. The Kier molecular flexibility index (Phi) is 18.3. The average Bonchev–Trinajstić information content (AvgIpc) is 3.19. The molecule has 0 bridgehead atoms. The number of amides is 4. The van der Waals surface area contributed by atoms with Crippen molar-refractivity contribution in [3.8, 4) is 0 Å². The van der Waals surface area contributed by atoms with E-state index in [-0.39, 0.29) is 50.5 Å². The van der Waals surface area contributed by atoms with Gasteiger partial charge in [0.25, 0.3) is 5.69 Å². The number of hydrogen-bond donors (Lipinski definition) is 9. The lowest BCUT2D eigenvalue weighted by atomic mass is 9.82. The number of aliphatic hydroxyl groups is 4. The summed E-state index contributed by atoms with van der Waals surface area (Å²) >= 11 is 0. The summed E-state index contributed by atoms with van der Waals surface area (Å²) in [6, 6.07) is 1.06. The minimum atomic E-state index is -1.81. The lowest BCUT2D eigenvalue weighted by Crippen LogP contribution is -2.70. The molecule has 12 unspecified atom stereocenters. The number of nitrogens with zero attached hydrogens (tertiary/aromatic N) is 1. The Balaban J connectivity index is 1.66. The van der Waals surface area contributed by atoms with Crippen molar-refractivity contribution < 1.29 is 77.7 Å². The smallest absolute Gasteiger partial charge is 0.408 e. The molecule has 2 heterocycles. The van der Waals surface area contributed by atoms with Gasteiger partial charge in [-0.25, -0.2) is 14.4 Å². The molecule has 23 nitrogen and oxygen atoms in total. The Bertz CT molecular complexity index is 1820. The molecule has 0 spiro atoms. The fourth-order valence-corrected chi connectivity index (χ4v) is 7.40. The van der Waals surface area contributed by atoms with Crippen molar-refractivity contribution in [1.82, 2.24) is 26.6 Å². The summed E-state index contributed by atoms with van der Waals surface area (Å²) in [5.41, 5.74) is -3.05. The van der Waals surface area contributed by atoms with Crippen LogP contribution in [-0.2, 0) is 44.6 Å². The van der Waals surface area contributed by atoms with Crippen LogP contribution >= 0.6 is 0 Å². The molecular weight excluding hydrogens is 860 g/mol. The minimum absolute atomic E-state index is 0.0348. The summed E-state index contributed by atoms with van der Waals surface area (Å²) in [4.78, 5) is 63.0. The number of ether oxygens (including phenoxy) is 7. The lowest BCUT2D eigenvalue weighted by molar-refractivity contribution is -0.384. The van der Waals surface area contributed by atoms with Gasteiger partial charge in [-0.2, -0.15) is 0 Å². The first-order chi connectivity index (χ1) is 30.3. The van der Waals surface area contributed by atoms with E-state index in [2.05, 4.69) is 26.6 Å². The summed E-state index contributed by atoms with van der Waals surface area (Å²) in [7, 11) is 1.52. The summed E-state index contributed by atoms with van der Waals surface area (Å²) in [5, 5.41) is 69.7. The predicted octanol–water partition coefficient (Wildman–Crippen LogP) is 1.47. The summed E-state index contributed by atoms with van der Waals surface area (Å²) in [5.74, 6) is -0.668. The number of nitro benzene ring substituents is 1. The zero-order valence-corrected chi connectivity index (χ0v) is 38.2. The first-order valence-electron chi connectivity index (χ1n) is 21.5. The van der Waals surface area contributed by atoms with Crippen molar-refractivity contribution in [2.45, 2.75) is 172 Å². The molecule has 2 aliphatic heterocycles. The molecule has 65 heavy (non-hydrogen) atoms. The Labute approximate surface area is 377 Å². The van der Waals surface area contributed by atoms with Crippen molar-refractivity contribution in [2.24, 2.45) is 0 Å². The molecule has 9 N–H and O–H groups in total. The Morgan fingerprint density at radius 1 is 0.892 bits per heavy atom. The van der Waals surface area contributed by atoms with Crippen LogP contribution in [0.5, 0.6) is 0 Å². The molecule has 4 amide bonds. The number of likely N-dealkylation sites (N-methyl/N-ethyl adjacent to an activating group) is 1. The zero-order valence-electron chi connectivity index (χ0n) is 38.2. The third-order valence-corrected chi connectivity index (χ3v) is 10.4. The number of carbonyl (C=O) groups excluding carboxylic acids is 4. The Hall–Kier alpha value is -4.88. The third-order valence-electron chi connectivity index (χ3n) is 10.4. The van der Waals surface area contributed by atoms with E-state index in [0.29, 0.717) is 12.0 Å². The number of benzene rings is 1. The monoisotopic (exact) mass is 926 g/mol. The lowest BCUT2D eigenvalue weighted by Gasteiger charge is -2.49. The van der Waals surface area contributed by atoms with Crippen molar-refractivity contribution in [2.75, 3.05) is 20.2 Å². The van der Waals surface area contributed by atoms with E-state index in [1.54, 1.807) is 54.5 Å². The topological polar surface area (TPSA) is 317 Å². The highest BCUT2D eigenvalue weighted by molar-refractivity contribution is 5.80. The summed E-state index contributed by atoms with van der Waals surface area (Å²) < 4.78 is 41.0. The maximum absolute atomic E-state index is 13.4. The number of aliphatic hydroxyl groups excluding tert-OH is 3. The van der Waals surface area contributed by atoms with Crippen LogP contribution in [-0.4, -0.2) is 154 Å². The van der Waals surface area contributed by atoms with Crippen molar-refractivity contribution in [1.29, 1.82) is 0 Å². The fraction of sp³-hybridized carbons (Fsp3) is 0.714. The molecule has 1 saturated carbocycles. The van der Waals surface area contributed by atoms with E-state index in [4.69, 9.17) is 33.2 Å². The van der Waals surface area contributed by atoms with Crippen LogP contribution in [0.15, 0.2) is 36.1 Å². The second-order valence-electron chi connectivity index (χ2n) is 18.4. The van der Waals surface area contributed by atoms with Crippen LogP contribution in [0.1, 0.15) is 86.6 Å². The third kappa shape index (κ3) is 15.6. The normalized spacial score (nSPS) is 29.8. The van der Waals surface area contributed by atoms with Crippen molar-refractivity contribution in [3.63, 3.8) is 0 Å². The van der Waals surface area contributed by atoms with Gasteiger partial charge >= 0.3 is 18.3 Å². The molecule has 3 aliphatic rings. The van der Waals surface area contributed by atoms with Gasteiger partial charge < -0.3 is 80.2 Å². The standard InChI is InChI=1S/C42H66N6O17/c1-10-11-28(49)34(52)45-26-18-27(47-39(55)65-41(5,6)7)32(29(50)31(26)63-36-30(51)33(43-9)42(8,56)21-60-36)62-35-25(46-38(54)64-40(2,3)4)17-16-24(61-35)19-44-37(53)59-20-22-12-14-23(15-13-22)48(57)58/h12-16,25-33,35-36,43,49-51,56H,10-11,17-21H2,1-9H3,(H,44,53)(H,45,52)(H,46,54)(H,47,55). The predicted molar refractivity (Wildman–Crippen MR) is 228 cm³/mol. The van der Waals surface area contributed by atoms with Gasteiger partial charge in [0.2, 0.25) is 12.2 Å². The highest BCUT2D eigenvalue weighted by Gasteiger charge is 2.53. The van der Waals surface area contributed by atoms with E-state index in [0.717, 1.165) is 0 Å². The number of nitrogens with one attached hydrogen (secondary N) is 5. The quantitative estimate of drug-likeness (QED) is 0.0644. The van der Waals surface area contributed by atoms with Gasteiger partial charge in [-0.05, 0) is 98.5 Å². The first kappa shape index (κ1) is 52.7. The van der Waals surface area contributed by atoms with Gasteiger partial charge in [-0.1, -0.05) is 13.3 Å². The highest BCUT2D eigenvalue weighted by atomic mass is 16.7. The largest absolute Gasteiger partial charge is 0.465 e. The van der Waals surface area contributed by atoms with Gasteiger partial charge in [0.15, 0.2) is 6.29 Å². The van der Waals surface area contributed by atoms with Crippen molar-refractivity contribution >= 4 is 29.9 Å². The minimum Gasteiger partial charge on any atom is -0.465 e. The molecular formula is C42H66N6O17. The van der Waals surface area contributed by atoms with E-state index < -0.39 is 113 Å². The maximum Gasteiger partial charge on any atom is 0.408 e. The number of rotatable bonds is 16. The molecule has 366 valence electrons. The number of nitro groups is 1. The molecule has 23 heteroatoms. The van der Waals surface area contributed by atoms with E-state index in [1.165, 1.54) is 38.2 Å². The molecule has 12 atom stereocenters. The van der Waals surface area contributed by atoms with Crippen LogP contribution in [0.3, 0.4) is 0 Å². The number of non-ortho nitro benzene ring substituents is 1. The second kappa shape index (κ2) is 22.5. The number of alkyl carbamates (subject to hydrolysis) is 3. The number of hydrogen-bond acceptors (Lipinski definition) is 18. The fourth-order valence-electron chi connectivity index (χ4n) is 7.40. The average molecular weight is 927 g/mol. The van der Waals surface area contributed by atoms with E-state index in [9.17, 15) is 49.7 Å². The van der Waals surface area contributed by atoms with Crippen LogP contribution in [0, 0.1) is 10.1 Å².